The number of nitrogens with zero attached hydrogens (tertiary/aromatic N) is 2. The Labute approximate surface area is 259 Å². The number of carbonyl (C=O) groups excluding carboxylic acids is 2. The highest BCUT2D eigenvalue weighted by Gasteiger charge is 2.32. The van der Waals surface area contributed by atoms with Crippen molar-refractivity contribution in [3.63, 3.8) is 0 Å². The zero-order chi connectivity index (χ0) is 31.9. The molecule has 0 bridgehead atoms. The van der Waals surface area contributed by atoms with Gasteiger partial charge in [0.2, 0.25) is 21.8 Å². The number of amides is 2. The Bertz CT molecular complexity index is 1540. The van der Waals surface area contributed by atoms with Gasteiger partial charge in [-0.25, -0.2) is 12.8 Å². The first kappa shape index (κ1) is 32.8. The summed E-state index contributed by atoms with van der Waals surface area (Å²) in [4.78, 5) is 29.1. The second-order valence-corrected chi connectivity index (χ2v) is 13.8. The third-order valence-corrected chi connectivity index (χ3v) is 8.20. The van der Waals surface area contributed by atoms with Crippen LogP contribution < -0.4 is 19.1 Å². The fraction of sp³-hybridized carbons (Fsp3) is 0.394. The summed E-state index contributed by atoms with van der Waals surface area (Å²) in [6.07, 6.45) is 1.55. The topological polar surface area (TPSA) is 105 Å². The van der Waals surface area contributed by atoms with Gasteiger partial charge >= 0.3 is 0 Å². The SMILES string of the molecule is CC(C)(C)NC(=O)C(Cc1ccccc1)N(Cc1ccc(F)cc1)C(=O)CCCN(c1ccc2c(c1)OCCO2)S(C)(=O)=O. The maximum atomic E-state index is 13.9. The molecule has 1 aliphatic heterocycles. The first-order valence-corrected chi connectivity index (χ1v) is 16.4. The number of fused-ring (bicyclic) bond motifs is 1. The van der Waals surface area contributed by atoms with Crippen LogP contribution in [0.1, 0.15) is 44.7 Å². The predicted molar refractivity (Wildman–Crippen MR) is 168 cm³/mol. The maximum Gasteiger partial charge on any atom is 0.243 e. The molecule has 4 rings (SSSR count). The summed E-state index contributed by atoms with van der Waals surface area (Å²) in [5.41, 5.74) is 1.39. The quantitative estimate of drug-likeness (QED) is 0.313. The van der Waals surface area contributed by atoms with Crippen molar-refractivity contribution in [1.29, 1.82) is 0 Å². The van der Waals surface area contributed by atoms with Gasteiger partial charge in [0.15, 0.2) is 11.5 Å². The molecule has 1 heterocycles. The van der Waals surface area contributed by atoms with Gasteiger partial charge in [-0.1, -0.05) is 42.5 Å². The van der Waals surface area contributed by atoms with E-state index < -0.39 is 27.4 Å². The van der Waals surface area contributed by atoms with E-state index in [1.165, 1.54) is 21.3 Å². The number of hydrogen-bond donors (Lipinski definition) is 1. The summed E-state index contributed by atoms with van der Waals surface area (Å²) in [7, 11) is -3.69. The van der Waals surface area contributed by atoms with Crippen molar-refractivity contribution in [3.8, 4) is 11.5 Å². The number of nitrogens with one attached hydrogen (secondary N) is 1. The van der Waals surface area contributed by atoms with E-state index in [0.717, 1.165) is 11.8 Å². The lowest BCUT2D eigenvalue weighted by Gasteiger charge is -2.34. The number of benzene rings is 3. The first-order chi connectivity index (χ1) is 20.8. The summed E-state index contributed by atoms with van der Waals surface area (Å²) >= 11 is 0. The highest BCUT2D eigenvalue weighted by Crippen LogP contribution is 2.35. The molecular formula is C33H40FN3O6S. The summed E-state index contributed by atoms with van der Waals surface area (Å²) in [6, 6.07) is 19.3. The second-order valence-electron chi connectivity index (χ2n) is 11.9. The minimum Gasteiger partial charge on any atom is -0.486 e. The molecule has 3 aromatic rings. The molecule has 0 saturated carbocycles. The summed E-state index contributed by atoms with van der Waals surface area (Å²) < 4.78 is 51.7. The lowest BCUT2D eigenvalue weighted by molar-refractivity contribution is -0.142. The molecule has 1 unspecified atom stereocenters. The zero-order valence-electron chi connectivity index (χ0n) is 25.6. The normalized spacial score (nSPS) is 13.6. The van der Waals surface area contributed by atoms with Crippen LogP contribution in [0.5, 0.6) is 11.5 Å². The van der Waals surface area contributed by atoms with Crippen LogP contribution in [0.2, 0.25) is 0 Å². The molecule has 2 amide bonds. The number of sulfonamides is 1. The third kappa shape index (κ3) is 9.19. The van der Waals surface area contributed by atoms with E-state index in [1.807, 2.05) is 51.1 Å². The smallest absolute Gasteiger partial charge is 0.243 e. The van der Waals surface area contributed by atoms with Gasteiger partial charge in [-0.3, -0.25) is 13.9 Å². The summed E-state index contributed by atoms with van der Waals surface area (Å²) in [5, 5.41) is 3.01. The van der Waals surface area contributed by atoms with Crippen LogP contribution in [0.4, 0.5) is 10.1 Å². The van der Waals surface area contributed by atoms with Crippen molar-refractivity contribution in [2.45, 2.75) is 58.2 Å². The van der Waals surface area contributed by atoms with E-state index in [2.05, 4.69) is 5.32 Å². The van der Waals surface area contributed by atoms with Crippen LogP contribution in [-0.4, -0.2) is 62.7 Å². The van der Waals surface area contributed by atoms with Crippen molar-refractivity contribution in [3.05, 3.63) is 89.7 Å². The third-order valence-electron chi connectivity index (χ3n) is 7.00. The Morgan fingerprint density at radius 3 is 2.23 bits per heavy atom. The summed E-state index contributed by atoms with van der Waals surface area (Å²) in [6.45, 7) is 6.49. The molecule has 1 atom stereocenters. The molecule has 44 heavy (non-hydrogen) atoms. The Balaban J connectivity index is 1.58. The van der Waals surface area contributed by atoms with Gasteiger partial charge in [0, 0.05) is 37.5 Å². The molecule has 9 nitrogen and oxygen atoms in total. The molecule has 0 radical (unpaired) electrons. The Hall–Kier alpha value is -4.12. The molecule has 0 aliphatic carbocycles. The van der Waals surface area contributed by atoms with Crippen LogP contribution in [-0.2, 0) is 32.6 Å². The minimum atomic E-state index is -3.69. The molecule has 0 aromatic heterocycles. The van der Waals surface area contributed by atoms with Gasteiger partial charge in [0.1, 0.15) is 25.1 Å². The van der Waals surface area contributed by atoms with Crippen LogP contribution in [0.15, 0.2) is 72.8 Å². The molecule has 1 aliphatic rings. The molecule has 0 spiro atoms. The average Bonchev–Trinajstić information content (AvgIpc) is 2.96. The Morgan fingerprint density at radius 2 is 1.59 bits per heavy atom. The van der Waals surface area contributed by atoms with Crippen LogP contribution in [0.25, 0.3) is 0 Å². The van der Waals surface area contributed by atoms with E-state index in [1.54, 1.807) is 30.3 Å². The van der Waals surface area contributed by atoms with E-state index in [9.17, 15) is 22.4 Å². The number of hydrogen-bond acceptors (Lipinski definition) is 6. The highest BCUT2D eigenvalue weighted by molar-refractivity contribution is 7.92. The number of carbonyl (C=O) groups is 2. The van der Waals surface area contributed by atoms with Crippen molar-refractivity contribution in [2.24, 2.45) is 0 Å². The van der Waals surface area contributed by atoms with Crippen molar-refractivity contribution < 1.29 is 31.9 Å². The lowest BCUT2D eigenvalue weighted by atomic mass is 10.00. The Morgan fingerprint density at radius 1 is 0.932 bits per heavy atom. The molecule has 3 aromatic carbocycles. The van der Waals surface area contributed by atoms with Crippen molar-refractivity contribution in [1.82, 2.24) is 10.2 Å². The first-order valence-electron chi connectivity index (χ1n) is 14.6. The fourth-order valence-electron chi connectivity index (χ4n) is 4.98. The van der Waals surface area contributed by atoms with Crippen molar-refractivity contribution in [2.75, 3.05) is 30.3 Å². The Kier molecular flexibility index (Phi) is 10.5. The van der Waals surface area contributed by atoms with Gasteiger partial charge in [-0.15, -0.1) is 0 Å². The van der Waals surface area contributed by atoms with E-state index in [4.69, 9.17) is 9.47 Å². The molecule has 0 saturated heterocycles. The van der Waals surface area contributed by atoms with E-state index >= 15 is 0 Å². The standard InChI is InChI=1S/C33H40FN3O6S/c1-33(2,3)35-32(39)28(21-24-9-6-5-7-10-24)36(23-25-12-14-26(34)15-13-25)31(38)11-8-18-37(44(4,40)41)27-16-17-29-30(22-27)43-20-19-42-29/h5-7,9-10,12-17,22,28H,8,11,18-21,23H2,1-4H3,(H,35,39). The maximum absolute atomic E-state index is 13.9. The molecule has 11 heteroatoms. The van der Waals surface area contributed by atoms with E-state index in [-0.39, 0.29) is 44.2 Å². The zero-order valence-corrected chi connectivity index (χ0v) is 26.4. The number of rotatable bonds is 12. The van der Waals surface area contributed by atoms with Gasteiger partial charge in [0.05, 0.1) is 11.9 Å². The number of anilines is 1. The van der Waals surface area contributed by atoms with Gasteiger partial charge in [-0.2, -0.15) is 0 Å². The van der Waals surface area contributed by atoms with Gasteiger partial charge in [-0.05, 0) is 62.6 Å². The van der Waals surface area contributed by atoms with Crippen LogP contribution in [0.3, 0.4) is 0 Å². The average molecular weight is 626 g/mol. The molecule has 0 fully saturated rings. The minimum absolute atomic E-state index is 0.0220. The predicted octanol–water partition coefficient (Wildman–Crippen LogP) is 4.70. The van der Waals surface area contributed by atoms with Crippen LogP contribution in [0, 0.1) is 5.82 Å². The number of ether oxygens (including phenoxy) is 2. The molecule has 236 valence electrons. The second kappa shape index (κ2) is 14.1. The van der Waals surface area contributed by atoms with Crippen LogP contribution >= 0.6 is 0 Å². The van der Waals surface area contributed by atoms with E-state index in [0.29, 0.717) is 36.0 Å². The molecular weight excluding hydrogens is 585 g/mol. The summed E-state index contributed by atoms with van der Waals surface area (Å²) in [5.74, 6) is -0.0469. The fourth-order valence-corrected chi connectivity index (χ4v) is 5.94. The number of halogens is 1. The highest BCUT2D eigenvalue weighted by atomic mass is 32.2. The largest absolute Gasteiger partial charge is 0.486 e. The molecule has 1 N–H and O–H groups in total. The monoisotopic (exact) mass is 625 g/mol. The van der Waals surface area contributed by atoms with Gasteiger partial charge in [0.25, 0.3) is 0 Å². The van der Waals surface area contributed by atoms with Crippen molar-refractivity contribution >= 4 is 27.5 Å². The van der Waals surface area contributed by atoms with Gasteiger partial charge < -0.3 is 19.7 Å². The lowest BCUT2D eigenvalue weighted by Crippen LogP contribution is -2.54.